The standard InChI is InChI=1S/C18H17ClO3/c1-18(2,3)22-17(21)14-7-5-13(6-8-14)15-9-4-12(11-20)10-16(15)19/h4-11H,1-3H3. The molecule has 0 aliphatic carbocycles. The lowest BCUT2D eigenvalue weighted by atomic mass is 10.0. The zero-order valence-corrected chi connectivity index (χ0v) is 13.5. The predicted molar refractivity (Wildman–Crippen MR) is 87.4 cm³/mol. The fourth-order valence-electron chi connectivity index (χ4n) is 1.96. The third-order valence-corrected chi connectivity index (χ3v) is 3.27. The van der Waals surface area contributed by atoms with Crippen LogP contribution in [0, 0.1) is 0 Å². The van der Waals surface area contributed by atoms with Gasteiger partial charge in [-0.1, -0.05) is 35.9 Å². The third-order valence-electron chi connectivity index (χ3n) is 2.96. The van der Waals surface area contributed by atoms with E-state index in [1.807, 2.05) is 20.8 Å². The van der Waals surface area contributed by atoms with E-state index in [2.05, 4.69) is 0 Å². The van der Waals surface area contributed by atoms with Crippen LogP contribution in [0.3, 0.4) is 0 Å². The molecule has 0 bridgehead atoms. The third kappa shape index (κ3) is 3.95. The highest BCUT2D eigenvalue weighted by molar-refractivity contribution is 6.33. The van der Waals surface area contributed by atoms with Gasteiger partial charge in [-0.15, -0.1) is 0 Å². The van der Waals surface area contributed by atoms with Crippen LogP contribution in [0.2, 0.25) is 5.02 Å². The summed E-state index contributed by atoms with van der Waals surface area (Å²) in [6, 6.07) is 12.1. The van der Waals surface area contributed by atoms with Crippen molar-refractivity contribution in [1.29, 1.82) is 0 Å². The number of hydrogen-bond donors (Lipinski definition) is 0. The van der Waals surface area contributed by atoms with E-state index in [1.54, 1.807) is 42.5 Å². The molecule has 0 atom stereocenters. The van der Waals surface area contributed by atoms with Crippen LogP contribution < -0.4 is 0 Å². The smallest absolute Gasteiger partial charge is 0.338 e. The van der Waals surface area contributed by atoms with Gasteiger partial charge in [-0.05, 0) is 44.5 Å². The van der Waals surface area contributed by atoms with Crippen LogP contribution in [0.15, 0.2) is 42.5 Å². The topological polar surface area (TPSA) is 43.4 Å². The van der Waals surface area contributed by atoms with Crippen LogP contribution in [0.5, 0.6) is 0 Å². The van der Waals surface area contributed by atoms with E-state index in [1.165, 1.54) is 0 Å². The van der Waals surface area contributed by atoms with Crippen molar-refractivity contribution in [2.45, 2.75) is 26.4 Å². The first kappa shape index (κ1) is 16.2. The Balaban J connectivity index is 2.25. The molecule has 0 heterocycles. The summed E-state index contributed by atoms with van der Waals surface area (Å²) in [7, 11) is 0. The molecular formula is C18H17ClO3. The summed E-state index contributed by atoms with van der Waals surface area (Å²) < 4.78 is 5.32. The summed E-state index contributed by atoms with van der Waals surface area (Å²) in [6.45, 7) is 5.48. The Morgan fingerprint density at radius 1 is 1.09 bits per heavy atom. The minimum Gasteiger partial charge on any atom is -0.456 e. The number of hydrogen-bond acceptors (Lipinski definition) is 3. The number of halogens is 1. The molecule has 0 radical (unpaired) electrons. The number of benzene rings is 2. The summed E-state index contributed by atoms with van der Waals surface area (Å²) in [4.78, 5) is 22.7. The summed E-state index contributed by atoms with van der Waals surface area (Å²) >= 11 is 6.18. The monoisotopic (exact) mass is 316 g/mol. The Labute approximate surface area is 134 Å². The molecule has 114 valence electrons. The number of carbonyl (C=O) groups excluding carboxylic acids is 2. The van der Waals surface area contributed by atoms with E-state index in [0.717, 1.165) is 17.4 Å². The Kier molecular flexibility index (Phi) is 4.67. The van der Waals surface area contributed by atoms with Crippen molar-refractivity contribution in [3.8, 4) is 11.1 Å². The largest absolute Gasteiger partial charge is 0.456 e. The van der Waals surface area contributed by atoms with E-state index in [-0.39, 0.29) is 5.97 Å². The molecule has 0 saturated carbocycles. The van der Waals surface area contributed by atoms with Crippen molar-refractivity contribution in [2.75, 3.05) is 0 Å². The molecule has 0 aliphatic rings. The molecule has 22 heavy (non-hydrogen) atoms. The quantitative estimate of drug-likeness (QED) is 0.605. The van der Waals surface area contributed by atoms with Crippen molar-refractivity contribution >= 4 is 23.9 Å². The Hall–Kier alpha value is -2.13. The molecule has 0 saturated heterocycles. The lowest BCUT2D eigenvalue weighted by molar-refractivity contribution is 0.00695. The highest BCUT2D eigenvalue weighted by Crippen LogP contribution is 2.29. The van der Waals surface area contributed by atoms with E-state index >= 15 is 0 Å². The maximum atomic E-state index is 12.0. The average Bonchev–Trinajstić information content (AvgIpc) is 2.45. The first-order valence-electron chi connectivity index (χ1n) is 6.89. The van der Waals surface area contributed by atoms with Gasteiger partial charge in [0.15, 0.2) is 0 Å². The minimum absolute atomic E-state index is 0.360. The van der Waals surface area contributed by atoms with Crippen LogP contribution in [0.1, 0.15) is 41.5 Å². The number of ether oxygens (including phenoxy) is 1. The molecular weight excluding hydrogens is 300 g/mol. The van der Waals surface area contributed by atoms with Gasteiger partial charge in [-0.2, -0.15) is 0 Å². The van der Waals surface area contributed by atoms with Gasteiger partial charge in [0.2, 0.25) is 0 Å². The zero-order chi connectivity index (χ0) is 16.3. The van der Waals surface area contributed by atoms with Crippen LogP contribution in [0.4, 0.5) is 0 Å². The molecule has 0 unspecified atom stereocenters. The maximum absolute atomic E-state index is 12.0. The Morgan fingerprint density at radius 2 is 1.73 bits per heavy atom. The summed E-state index contributed by atoms with van der Waals surface area (Å²) in [5, 5.41) is 0.495. The van der Waals surface area contributed by atoms with Crippen LogP contribution in [-0.2, 0) is 4.74 Å². The lowest BCUT2D eigenvalue weighted by Gasteiger charge is -2.19. The van der Waals surface area contributed by atoms with Gasteiger partial charge in [0.25, 0.3) is 0 Å². The summed E-state index contributed by atoms with van der Waals surface area (Å²) in [5.41, 5.74) is 2.17. The second-order valence-corrected chi connectivity index (χ2v) is 6.34. The minimum atomic E-state index is -0.524. The summed E-state index contributed by atoms with van der Waals surface area (Å²) in [6.07, 6.45) is 0.751. The Morgan fingerprint density at radius 3 is 2.23 bits per heavy atom. The molecule has 0 aliphatic heterocycles. The number of carbonyl (C=O) groups is 2. The zero-order valence-electron chi connectivity index (χ0n) is 12.7. The fourth-order valence-corrected chi connectivity index (χ4v) is 2.26. The molecule has 0 amide bonds. The first-order chi connectivity index (χ1) is 10.3. The van der Waals surface area contributed by atoms with Gasteiger partial charge in [-0.3, -0.25) is 4.79 Å². The molecule has 3 nitrogen and oxygen atoms in total. The van der Waals surface area contributed by atoms with Gasteiger partial charge < -0.3 is 4.74 Å². The molecule has 2 rings (SSSR count). The van der Waals surface area contributed by atoms with E-state index in [9.17, 15) is 9.59 Å². The van der Waals surface area contributed by atoms with Crippen molar-refractivity contribution in [3.05, 3.63) is 58.6 Å². The van der Waals surface area contributed by atoms with Crippen LogP contribution >= 0.6 is 11.6 Å². The van der Waals surface area contributed by atoms with Crippen molar-refractivity contribution in [1.82, 2.24) is 0 Å². The highest BCUT2D eigenvalue weighted by atomic mass is 35.5. The van der Waals surface area contributed by atoms with Crippen LogP contribution in [-0.4, -0.2) is 17.9 Å². The van der Waals surface area contributed by atoms with Crippen LogP contribution in [0.25, 0.3) is 11.1 Å². The predicted octanol–water partition coefficient (Wildman–Crippen LogP) is 4.77. The van der Waals surface area contributed by atoms with Crippen molar-refractivity contribution in [2.24, 2.45) is 0 Å². The molecule has 0 fully saturated rings. The number of aldehydes is 1. The van der Waals surface area contributed by atoms with E-state index < -0.39 is 5.60 Å². The Bertz CT molecular complexity index is 697. The lowest BCUT2D eigenvalue weighted by Crippen LogP contribution is -2.23. The molecule has 0 spiro atoms. The van der Waals surface area contributed by atoms with Gasteiger partial charge in [0, 0.05) is 16.1 Å². The molecule has 2 aromatic carbocycles. The second-order valence-electron chi connectivity index (χ2n) is 5.94. The highest BCUT2D eigenvalue weighted by Gasteiger charge is 2.17. The average molecular weight is 317 g/mol. The van der Waals surface area contributed by atoms with Crippen molar-refractivity contribution < 1.29 is 14.3 Å². The van der Waals surface area contributed by atoms with Gasteiger partial charge in [0.1, 0.15) is 11.9 Å². The van der Waals surface area contributed by atoms with Gasteiger partial charge in [0.05, 0.1) is 5.56 Å². The molecule has 4 heteroatoms. The van der Waals surface area contributed by atoms with Gasteiger partial charge in [-0.25, -0.2) is 4.79 Å². The molecule has 0 N–H and O–H groups in total. The fraction of sp³-hybridized carbons (Fsp3) is 0.222. The molecule has 0 aromatic heterocycles. The number of rotatable bonds is 3. The number of esters is 1. The van der Waals surface area contributed by atoms with E-state index in [4.69, 9.17) is 16.3 Å². The van der Waals surface area contributed by atoms with Gasteiger partial charge >= 0.3 is 5.97 Å². The first-order valence-corrected chi connectivity index (χ1v) is 7.26. The van der Waals surface area contributed by atoms with E-state index in [0.29, 0.717) is 16.1 Å². The normalized spacial score (nSPS) is 11.1. The SMILES string of the molecule is CC(C)(C)OC(=O)c1ccc(-c2ccc(C=O)cc2Cl)cc1. The second kappa shape index (κ2) is 6.32. The summed E-state index contributed by atoms with van der Waals surface area (Å²) in [5.74, 6) is -0.360. The van der Waals surface area contributed by atoms with Crippen molar-refractivity contribution in [3.63, 3.8) is 0 Å². The molecule has 2 aromatic rings. The maximum Gasteiger partial charge on any atom is 0.338 e.